The summed E-state index contributed by atoms with van der Waals surface area (Å²) in [6.07, 6.45) is 4.62. The molecular formula is C19H19Cl2N3O2. The van der Waals surface area contributed by atoms with Crippen LogP contribution in [-0.4, -0.2) is 42.7 Å². The maximum Gasteiger partial charge on any atom is 0.321 e. The van der Waals surface area contributed by atoms with E-state index in [-0.39, 0.29) is 6.03 Å². The number of amides is 2. The summed E-state index contributed by atoms with van der Waals surface area (Å²) in [5, 5.41) is 3.94. The lowest BCUT2D eigenvalue weighted by atomic mass is 10.1. The van der Waals surface area contributed by atoms with Gasteiger partial charge in [0.05, 0.1) is 35.8 Å². The van der Waals surface area contributed by atoms with Crippen LogP contribution in [0.5, 0.6) is 0 Å². The van der Waals surface area contributed by atoms with Crippen LogP contribution >= 0.6 is 23.2 Å². The third kappa shape index (κ3) is 4.75. The van der Waals surface area contributed by atoms with Crippen molar-refractivity contribution in [2.75, 3.05) is 32.1 Å². The molecule has 7 heteroatoms. The number of hydrogen-bond acceptors (Lipinski definition) is 3. The van der Waals surface area contributed by atoms with Crippen molar-refractivity contribution in [3.05, 3.63) is 58.2 Å². The molecule has 0 fully saturated rings. The van der Waals surface area contributed by atoms with Gasteiger partial charge in [-0.1, -0.05) is 29.3 Å². The Kier molecular flexibility index (Phi) is 6.14. The number of urea groups is 1. The number of benzene rings is 1. The average Bonchev–Trinajstić information content (AvgIpc) is 2.63. The summed E-state index contributed by atoms with van der Waals surface area (Å²) in [6, 6.07) is 8.66. The highest BCUT2D eigenvalue weighted by molar-refractivity contribution is 6.36. The molecule has 26 heavy (non-hydrogen) atoms. The molecule has 2 amide bonds. The molecule has 2 heterocycles. The van der Waals surface area contributed by atoms with Crippen LogP contribution in [0.25, 0.3) is 11.3 Å². The Hall–Kier alpha value is -2.08. The van der Waals surface area contributed by atoms with Crippen LogP contribution in [0.1, 0.15) is 6.42 Å². The number of aromatic nitrogens is 1. The minimum Gasteiger partial charge on any atom is -0.377 e. The van der Waals surface area contributed by atoms with E-state index in [1.807, 2.05) is 12.1 Å². The van der Waals surface area contributed by atoms with Crippen LogP contribution in [0.15, 0.2) is 48.2 Å². The summed E-state index contributed by atoms with van der Waals surface area (Å²) in [7, 11) is 1.75. The third-order valence-electron chi connectivity index (χ3n) is 3.99. The number of rotatable bonds is 4. The first-order valence-electron chi connectivity index (χ1n) is 8.22. The number of nitrogens with one attached hydrogen (secondary N) is 1. The standard InChI is InChI=1S/C19H19Cl2N3O2/c1-24(11-13-3-2-8-26-12-13)19(25)23-15-5-7-18(22-10-15)16-6-4-14(20)9-17(16)21/h3-7,9-10H,2,8,11-12H2,1H3,(H,23,25). The van der Waals surface area contributed by atoms with Gasteiger partial charge in [0.15, 0.2) is 0 Å². The lowest BCUT2D eigenvalue weighted by molar-refractivity contribution is 0.145. The maximum atomic E-state index is 12.3. The van der Waals surface area contributed by atoms with Crippen molar-refractivity contribution in [3.8, 4) is 11.3 Å². The van der Waals surface area contributed by atoms with Gasteiger partial charge in [0.1, 0.15) is 0 Å². The lowest BCUT2D eigenvalue weighted by Crippen LogP contribution is -2.34. The van der Waals surface area contributed by atoms with Gasteiger partial charge in [-0.25, -0.2) is 4.79 Å². The first kappa shape index (κ1) is 18.7. The second-order valence-electron chi connectivity index (χ2n) is 6.05. The van der Waals surface area contributed by atoms with Crippen molar-refractivity contribution in [3.63, 3.8) is 0 Å². The molecule has 0 aliphatic carbocycles. The quantitative estimate of drug-likeness (QED) is 0.756. The molecule has 1 aromatic heterocycles. The van der Waals surface area contributed by atoms with E-state index in [1.165, 1.54) is 0 Å². The fraction of sp³-hybridized carbons (Fsp3) is 0.263. The minimum absolute atomic E-state index is 0.199. The Bertz CT molecular complexity index is 822. The molecule has 1 aliphatic rings. The Balaban J connectivity index is 1.63. The predicted molar refractivity (Wildman–Crippen MR) is 105 cm³/mol. The molecule has 0 radical (unpaired) electrons. The summed E-state index contributed by atoms with van der Waals surface area (Å²) in [4.78, 5) is 18.3. The van der Waals surface area contributed by atoms with E-state index in [4.69, 9.17) is 27.9 Å². The van der Waals surface area contributed by atoms with E-state index in [2.05, 4.69) is 16.4 Å². The molecule has 0 atom stereocenters. The zero-order valence-electron chi connectivity index (χ0n) is 14.3. The Morgan fingerprint density at radius 3 is 2.81 bits per heavy atom. The molecule has 3 rings (SSSR count). The van der Waals surface area contributed by atoms with E-state index in [1.54, 1.807) is 36.3 Å². The van der Waals surface area contributed by atoms with E-state index in [0.717, 1.165) is 24.2 Å². The number of anilines is 1. The zero-order valence-corrected chi connectivity index (χ0v) is 15.8. The number of pyridine rings is 1. The van der Waals surface area contributed by atoms with Crippen molar-refractivity contribution in [2.45, 2.75) is 6.42 Å². The number of likely N-dealkylation sites (N-methyl/N-ethyl adjacent to an activating group) is 1. The number of hydrogen-bond donors (Lipinski definition) is 1. The average molecular weight is 392 g/mol. The maximum absolute atomic E-state index is 12.3. The smallest absolute Gasteiger partial charge is 0.321 e. The number of nitrogens with zero attached hydrogens (tertiary/aromatic N) is 2. The van der Waals surface area contributed by atoms with Crippen LogP contribution in [0.3, 0.4) is 0 Å². The first-order valence-corrected chi connectivity index (χ1v) is 8.98. The normalized spacial score (nSPS) is 13.9. The van der Waals surface area contributed by atoms with Gasteiger partial charge in [0.25, 0.3) is 0 Å². The molecule has 5 nitrogen and oxygen atoms in total. The van der Waals surface area contributed by atoms with Crippen LogP contribution in [0.4, 0.5) is 10.5 Å². The van der Waals surface area contributed by atoms with E-state index < -0.39 is 0 Å². The largest absolute Gasteiger partial charge is 0.377 e. The molecule has 0 bridgehead atoms. The Labute approximate surface area is 162 Å². The molecule has 0 spiro atoms. The third-order valence-corrected chi connectivity index (χ3v) is 4.54. The summed E-state index contributed by atoms with van der Waals surface area (Å²) in [5.74, 6) is 0. The lowest BCUT2D eigenvalue weighted by Gasteiger charge is -2.21. The second kappa shape index (κ2) is 8.54. The molecule has 0 saturated carbocycles. The predicted octanol–water partition coefficient (Wildman–Crippen LogP) is 4.87. The van der Waals surface area contributed by atoms with Gasteiger partial charge >= 0.3 is 6.03 Å². The summed E-state index contributed by atoms with van der Waals surface area (Å²) in [6.45, 7) is 1.86. The fourth-order valence-electron chi connectivity index (χ4n) is 2.64. The van der Waals surface area contributed by atoms with Gasteiger partial charge in [-0.15, -0.1) is 0 Å². The van der Waals surface area contributed by atoms with Crippen LogP contribution < -0.4 is 5.32 Å². The highest BCUT2D eigenvalue weighted by Gasteiger charge is 2.13. The number of carbonyl (C=O) groups is 1. The van der Waals surface area contributed by atoms with Gasteiger partial charge in [0, 0.05) is 24.2 Å². The Morgan fingerprint density at radius 2 is 2.15 bits per heavy atom. The van der Waals surface area contributed by atoms with Gasteiger partial charge in [-0.3, -0.25) is 4.98 Å². The van der Waals surface area contributed by atoms with Crippen LogP contribution in [0, 0.1) is 0 Å². The Morgan fingerprint density at radius 1 is 1.31 bits per heavy atom. The topological polar surface area (TPSA) is 54.5 Å². The summed E-state index contributed by atoms with van der Waals surface area (Å²) < 4.78 is 5.40. The molecule has 136 valence electrons. The molecule has 0 unspecified atom stereocenters. The van der Waals surface area contributed by atoms with Crippen molar-refractivity contribution >= 4 is 34.9 Å². The van der Waals surface area contributed by atoms with Crippen molar-refractivity contribution in [1.82, 2.24) is 9.88 Å². The summed E-state index contributed by atoms with van der Waals surface area (Å²) in [5.41, 5.74) is 3.22. The molecule has 2 aromatic rings. The van der Waals surface area contributed by atoms with Crippen LogP contribution in [-0.2, 0) is 4.74 Å². The van der Waals surface area contributed by atoms with Crippen molar-refractivity contribution in [1.29, 1.82) is 0 Å². The monoisotopic (exact) mass is 391 g/mol. The SMILES string of the molecule is CN(CC1=CCCOC1)C(=O)Nc1ccc(-c2ccc(Cl)cc2Cl)nc1. The van der Waals surface area contributed by atoms with Crippen molar-refractivity contribution < 1.29 is 9.53 Å². The molecular weight excluding hydrogens is 373 g/mol. The van der Waals surface area contributed by atoms with Gasteiger partial charge in [-0.05, 0) is 42.3 Å². The number of halogens is 2. The van der Waals surface area contributed by atoms with E-state index in [9.17, 15) is 4.79 Å². The highest BCUT2D eigenvalue weighted by atomic mass is 35.5. The van der Waals surface area contributed by atoms with Crippen molar-refractivity contribution in [2.24, 2.45) is 0 Å². The van der Waals surface area contributed by atoms with E-state index >= 15 is 0 Å². The number of ether oxygens (including phenoxy) is 1. The first-order chi connectivity index (χ1) is 12.5. The van der Waals surface area contributed by atoms with Gasteiger partial charge in [0.2, 0.25) is 0 Å². The second-order valence-corrected chi connectivity index (χ2v) is 6.89. The molecule has 0 saturated heterocycles. The molecule has 1 aliphatic heterocycles. The zero-order chi connectivity index (χ0) is 18.5. The molecule has 1 N–H and O–H groups in total. The summed E-state index contributed by atoms with van der Waals surface area (Å²) >= 11 is 12.1. The van der Waals surface area contributed by atoms with E-state index in [0.29, 0.717) is 34.6 Å². The van der Waals surface area contributed by atoms with Gasteiger partial charge < -0.3 is 15.0 Å². The minimum atomic E-state index is -0.199. The van der Waals surface area contributed by atoms with Crippen LogP contribution in [0.2, 0.25) is 10.0 Å². The number of carbonyl (C=O) groups excluding carboxylic acids is 1. The fourth-order valence-corrected chi connectivity index (χ4v) is 3.14. The van der Waals surface area contributed by atoms with Gasteiger partial charge in [-0.2, -0.15) is 0 Å². The highest BCUT2D eigenvalue weighted by Crippen LogP contribution is 2.29. The molecule has 1 aromatic carbocycles.